The van der Waals surface area contributed by atoms with Crippen LogP contribution in [-0.4, -0.2) is 57.5 Å². The van der Waals surface area contributed by atoms with Crippen molar-refractivity contribution < 1.29 is 4.79 Å². The lowest BCUT2D eigenvalue weighted by Crippen LogP contribution is -2.52. The van der Waals surface area contributed by atoms with Crippen LogP contribution < -0.4 is 5.56 Å². The number of hydrogen-bond acceptors (Lipinski definition) is 4. The second-order valence-corrected chi connectivity index (χ2v) is 9.60. The average Bonchev–Trinajstić information content (AvgIpc) is 2.90. The Hall–Kier alpha value is -2.99. The number of hydrogen-bond donors (Lipinski definition) is 0. The van der Waals surface area contributed by atoms with Gasteiger partial charge in [0, 0.05) is 49.9 Å². The SMILES string of the molecule is CCCn1c(=O)c(-c2ccc(C(=O)N3CCN(C4CCCCC4)CC3)cc2)nc2ccccc21. The molecule has 0 bridgehead atoms. The number of nitrogens with zero attached hydrogens (tertiary/aromatic N) is 4. The van der Waals surface area contributed by atoms with Crippen LogP contribution in [0.25, 0.3) is 22.3 Å². The maximum Gasteiger partial charge on any atom is 0.277 e. The van der Waals surface area contributed by atoms with Gasteiger partial charge in [-0.25, -0.2) is 4.98 Å². The molecular weight excluding hydrogens is 424 g/mol. The number of benzene rings is 2. The number of piperazine rings is 1. The van der Waals surface area contributed by atoms with Crippen molar-refractivity contribution in [3.63, 3.8) is 0 Å². The van der Waals surface area contributed by atoms with Crippen LogP contribution in [0, 0.1) is 0 Å². The van der Waals surface area contributed by atoms with E-state index < -0.39 is 0 Å². The number of carbonyl (C=O) groups is 1. The first-order valence-corrected chi connectivity index (χ1v) is 12.8. The van der Waals surface area contributed by atoms with Gasteiger partial charge < -0.3 is 9.47 Å². The lowest BCUT2D eigenvalue weighted by molar-refractivity contribution is 0.0523. The molecule has 2 fully saturated rings. The van der Waals surface area contributed by atoms with Gasteiger partial charge in [-0.2, -0.15) is 0 Å². The van der Waals surface area contributed by atoms with E-state index in [1.165, 1.54) is 32.1 Å². The Balaban J connectivity index is 1.32. The molecule has 2 aliphatic rings. The fraction of sp³-hybridized carbons (Fsp3) is 0.464. The summed E-state index contributed by atoms with van der Waals surface area (Å²) >= 11 is 0. The molecule has 178 valence electrons. The Morgan fingerprint density at radius 3 is 2.35 bits per heavy atom. The van der Waals surface area contributed by atoms with Crippen molar-refractivity contribution in [3.05, 3.63) is 64.4 Å². The summed E-state index contributed by atoms with van der Waals surface area (Å²) in [6, 6.07) is 15.9. The van der Waals surface area contributed by atoms with E-state index in [1.807, 2.05) is 58.0 Å². The molecule has 1 saturated carbocycles. The van der Waals surface area contributed by atoms with Gasteiger partial charge in [-0.05, 0) is 43.5 Å². The van der Waals surface area contributed by atoms with Crippen molar-refractivity contribution in [2.75, 3.05) is 26.2 Å². The van der Waals surface area contributed by atoms with Crippen molar-refractivity contribution in [1.82, 2.24) is 19.4 Å². The van der Waals surface area contributed by atoms with E-state index in [0.717, 1.165) is 49.2 Å². The number of para-hydroxylation sites is 2. The molecule has 2 aromatic carbocycles. The molecule has 0 atom stereocenters. The molecule has 0 radical (unpaired) electrons. The fourth-order valence-electron chi connectivity index (χ4n) is 5.52. The summed E-state index contributed by atoms with van der Waals surface area (Å²) in [5, 5.41) is 0. The lowest BCUT2D eigenvalue weighted by atomic mass is 9.94. The molecule has 0 spiro atoms. The van der Waals surface area contributed by atoms with Crippen molar-refractivity contribution in [2.45, 2.75) is 58.0 Å². The summed E-state index contributed by atoms with van der Waals surface area (Å²) in [6.45, 7) is 6.21. The van der Waals surface area contributed by atoms with E-state index in [-0.39, 0.29) is 11.5 Å². The first kappa shape index (κ1) is 22.8. The molecule has 0 N–H and O–H groups in total. The molecule has 2 heterocycles. The molecule has 0 unspecified atom stereocenters. The normalized spacial score (nSPS) is 17.9. The summed E-state index contributed by atoms with van der Waals surface area (Å²) in [6.07, 6.45) is 7.52. The van der Waals surface area contributed by atoms with E-state index in [9.17, 15) is 9.59 Å². The van der Waals surface area contributed by atoms with Crippen molar-refractivity contribution in [1.29, 1.82) is 0 Å². The van der Waals surface area contributed by atoms with Gasteiger partial charge in [-0.1, -0.05) is 50.5 Å². The summed E-state index contributed by atoms with van der Waals surface area (Å²) in [5.41, 5.74) is 3.44. The third-order valence-corrected chi connectivity index (χ3v) is 7.40. The zero-order valence-corrected chi connectivity index (χ0v) is 20.1. The highest BCUT2D eigenvalue weighted by Crippen LogP contribution is 2.24. The van der Waals surface area contributed by atoms with E-state index in [0.29, 0.717) is 23.8 Å². The monoisotopic (exact) mass is 458 g/mol. The standard InChI is InChI=1S/C28H34N4O2/c1-2-16-32-25-11-7-6-10-24(25)29-26(28(32)34)21-12-14-22(15-13-21)27(33)31-19-17-30(18-20-31)23-8-4-3-5-9-23/h6-7,10-15,23H,2-5,8-9,16-20H2,1H3. The van der Waals surface area contributed by atoms with Gasteiger partial charge in [-0.15, -0.1) is 0 Å². The Labute approximate surface area is 201 Å². The second-order valence-electron chi connectivity index (χ2n) is 9.60. The highest BCUT2D eigenvalue weighted by molar-refractivity contribution is 5.94. The third kappa shape index (κ3) is 4.51. The van der Waals surface area contributed by atoms with Crippen LogP contribution in [0.5, 0.6) is 0 Å². The van der Waals surface area contributed by atoms with Crippen LogP contribution in [-0.2, 0) is 6.54 Å². The number of aryl methyl sites for hydroxylation is 1. The van der Waals surface area contributed by atoms with Crippen LogP contribution >= 0.6 is 0 Å². The summed E-state index contributed by atoms with van der Waals surface area (Å²) in [5.74, 6) is 0.0738. The minimum Gasteiger partial charge on any atom is -0.336 e. The van der Waals surface area contributed by atoms with Crippen LogP contribution in [0.2, 0.25) is 0 Å². The van der Waals surface area contributed by atoms with Crippen LogP contribution in [0.3, 0.4) is 0 Å². The largest absolute Gasteiger partial charge is 0.336 e. The van der Waals surface area contributed by atoms with Gasteiger partial charge >= 0.3 is 0 Å². The summed E-state index contributed by atoms with van der Waals surface area (Å²) < 4.78 is 1.81. The van der Waals surface area contributed by atoms with Gasteiger partial charge in [0.05, 0.1) is 11.0 Å². The highest BCUT2D eigenvalue weighted by Gasteiger charge is 2.27. The lowest BCUT2D eigenvalue weighted by Gasteiger charge is -2.40. The topological polar surface area (TPSA) is 58.4 Å². The number of aromatic nitrogens is 2. The number of amides is 1. The molecule has 1 aliphatic carbocycles. The molecule has 1 saturated heterocycles. The fourth-order valence-corrected chi connectivity index (χ4v) is 5.52. The van der Waals surface area contributed by atoms with Gasteiger partial charge in [0.25, 0.3) is 11.5 Å². The zero-order chi connectivity index (χ0) is 23.5. The zero-order valence-electron chi connectivity index (χ0n) is 20.1. The van der Waals surface area contributed by atoms with E-state index in [2.05, 4.69) is 16.8 Å². The molecule has 3 aromatic rings. The maximum absolute atomic E-state index is 13.2. The first-order valence-electron chi connectivity index (χ1n) is 12.8. The van der Waals surface area contributed by atoms with Crippen molar-refractivity contribution >= 4 is 16.9 Å². The minimum atomic E-state index is -0.0848. The van der Waals surface area contributed by atoms with Crippen LogP contribution in [0.15, 0.2) is 53.3 Å². The maximum atomic E-state index is 13.2. The molecular formula is C28H34N4O2. The average molecular weight is 459 g/mol. The first-order chi connectivity index (χ1) is 16.7. The number of carbonyl (C=O) groups excluding carboxylic acids is 1. The Morgan fingerprint density at radius 1 is 0.941 bits per heavy atom. The summed E-state index contributed by atoms with van der Waals surface area (Å²) in [7, 11) is 0. The molecule has 1 aliphatic heterocycles. The van der Waals surface area contributed by atoms with Gasteiger partial charge in [0.1, 0.15) is 5.69 Å². The van der Waals surface area contributed by atoms with Crippen molar-refractivity contribution in [3.8, 4) is 11.3 Å². The minimum absolute atomic E-state index is 0.0738. The Morgan fingerprint density at radius 2 is 1.65 bits per heavy atom. The highest BCUT2D eigenvalue weighted by atomic mass is 16.2. The van der Waals surface area contributed by atoms with Gasteiger partial charge in [-0.3, -0.25) is 14.5 Å². The Kier molecular flexibility index (Phi) is 6.77. The summed E-state index contributed by atoms with van der Waals surface area (Å²) in [4.78, 5) is 35.6. The third-order valence-electron chi connectivity index (χ3n) is 7.40. The van der Waals surface area contributed by atoms with Gasteiger partial charge in [0.2, 0.25) is 0 Å². The molecule has 1 aromatic heterocycles. The quantitative estimate of drug-likeness (QED) is 0.562. The molecule has 6 nitrogen and oxygen atoms in total. The second kappa shape index (κ2) is 10.1. The van der Waals surface area contributed by atoms with Crippen LogP contribution in [0.1, 0.15) is 55.8 Å². The predicted molar refractivity (Wildman–Crippen MR) is 136 cm³/mol. The van der Waals surface area contributed by atoms with Crippen LogP contribution in [0.4, 0.5) is 0 Å². The Bertz CT molecular complexity index is 1200. The predicted octanol–water partition coefficient (Wildman–Crippen LogP) is 4.56. The smallest absolute Gasteiger partial charge is 0.277 e. The number of fused-ring (bicyclic) bond motifs is 1. The molecule has 34 heavy (non-hydrogen) atoms. The van der Waals surface area contributed by atoms with E-state index in [1.54, 1.807) is 0 Å². The molecule has 1 amide bonds. The van der Waals surface area contributed by atoms with E-state index in [4.69, 9.17) is 0 Å². The molecule has 6 heteroatoms. The van der Waals surface area contributed by atoms with E-state index >= 15 is 0 Å². The number of rotatable bonds is 5. The van der Waals surface area contributed by atoms with Crippen molar-refractivity contribution in [2.24, 2.45) is 0 Å². The molecule has 5 rings (SSSR count). The van der Waals surface area contributed by atoms with Gasteiger partial charge in [0.15, 0.2) is 0 Å².